The van der Waals surface area contributed by atoms with E-state index in [4.69, 9.17) is 4.74 Å². The number of carbonyl (C=O) groups excluding carboxylic acids is 2. The molecule has 0 bridgehead atoms. The molecule has 3 N–H and O–H groups in total. The second-order valence-corrected chi connectivity index (χ2v) is 7.25. The van der Waals surface area contributed by atoms with Gasteiger partial charge in [-0.2, -0.15) is 5.10 Å². The van der Waals surface area contributed by atoms with Crippen LogP contribution in [-0.4, -0.2) is 28.6 Å². The molecule has 31 heavy (non-hydrogen) atoms. The molecule has 1 aliphatic rings. The van der Waals surface area contributed by atoms with Gasteiger partial charge in [0.05, 0.1) is 12.3 Å². The summed E-state index contributed by atoms with van der Waals surface area (Å²) in [5, 5.41) is 12.1. The summed E-state index contributed by atoms with van der Waals surface area (Å²) >= 11 is 0. The highest BCUT2D eigenvalue weighted by molar-refractivity contribution is 5.94. The fourth-order valence-electron chi connectivity index (χ4n) is 3.36. The minimum atomic E-state index is -0.266. The molecule has 0 saturated heterocycles. The molecule has 1 aliphatic heterocycles. The molecule has 8 nitrogen and oxygen atoms in total. The van der Waals surface area contributed by atoms with E-state index in [-0.39, 0.29) is 17.4 Å². The summed E-state index contributed by atoms with van der Waals surface area (Å²) in [4.78, 5) is 34.8. The number of aromatic amines is 1. The van der Waals surface area contributed by atoms with E-state index in [0.29, 0.717) is 43.7 Å². The van der Waals surface area contributed by atoms with Crippen LogP contribution >= 0.6 is 0 Å². The second-order valence-electron chi connectivity index (χ2n) is 7.25. The average Bonchev–Trinajstić information content (AvgIpc) is 2.77. The Morgan fingerprint density at radius 3 is 2.81 bits per heavy atom. The number of fused-ring (bicyclic) bond motifs is 1. The predicted octanol–water partition coefficient (Wildman–Crippen LogP) is 3.12. The summed E-state index contributed by atoms with van der Waals surface area (Å²) in [6, 6.07) is 15.9. The number of nitrogens with one attached hydrogen (secondary N) is 3. The van der Waals surface area contributed by atoms with Crippen molar-refractivity contribution >= 4 is 23.2 Å². The molecule has 158 valence electrons. The molecule has 2 aromatic carbocycles. The highest BCUT2D eigenvalue weighted by Crippen LogP contribution is 2.27. The molecule has 2 heterocycles. The van der Waals surface area contributed by atoms with Crippen molar-refractivity contribution in [3.8, 4) is 17.0 Å². The number of nitrogens with zero attached hydrogens (tertiary/aromatic N) is 1. The third kappa shape index (κ3) is 5.36. The SMILES string of the molecule is O=C(CCCOc1ccc2c(c1)CCC(=O)N2)Nc1cccc(-c2ccc(=O)[nH]n2)c1. The maximum Gasteiger partial charge on any atom is 0.264 e. The molecule has 1 aromatic heterocycles. The number of hydrogen-bond donors (Lipinski definition) is 3. The number of amides is 2. The highest BCUT2D eigenvalue weighted by atomic mass is 16.5. The first-order valence-corrected chi connectivity index (χ1v) is 10.1. The van der Waals surface area contributed by atoms with E-state index in [0.717, 1.165) is 22.6 Å². The largest absolute Gasteiger partial charge is 0.494 e. The van der Waals surface area contributed by atoms with Gasteiger partial charge in [-0.15, -0.1) is 0 Å². The molecule has 0 saturated carbocycles. The van der Waals surface area contributed by atoms with E-state index in [2.05, 4.69) is 20.8 Å². The van der Waals surface area contributed by atoms with Crippen molar-refractivity contribution in [2.45, 2.75) is 25.7 Å². The number of H-pyrrole nitrogens is 1. The van der Waals surface area contributed by atoms with E-state index >= 15 is 0 Å². The fraction of sp³-hybridized carbons (Fsp3) is 0.217. The molecule has 0 atom stereocenters. The van der Waals surface area contributed by atoms with Crippen LogP contribution in [0.1, 0.15) is 24.8 Å². The van der Waals surface area contributed by atoms with Crippen molar-refractivity contribution in [1.82, 2.24) is 10.2 Å². The Bertz CT molecular complexity index is 1150. The van der Waals surface area contributed by atoms with E-state index < -0.39 is 0 Å². The third-order valence-corrected chi connectivity index (χ3v) is 4.91. The van der Waals surface area contributed by atoms with Gasteiger partial charge in [-0.3, -0.25) is 14.4 Å². The van der Waals surface area contributed by atoms with Gasteiger partial charge >= 0.3 is 0 Å². The number of aromatic nitrogens is 2. The Kier molecular flexibility index (Phi) is 6.07. The maximum absolute atomic E-state index is 12.3. The number of carbonyl (C=O) groups is 2. The van der Waals surface area contributed by atoms with Crippen LogP contribution in [0, 0.1) is 0 Å². The van der Waals surface area contributed by atoms with Crippen molar-refractivity contribution in [2.75, 3.05) is 17.2 Å². The van der Waals surface area contributed by atoms with Crippen LogP contribution in [-0.2, 0) is 16.0 Å². The lowest BCUT2D eigenvalue weighted by Crippen LogP contribution is -2.18. The Morgan fingerprint density at radius 1 is 1.06 bits per heavy atom. The molecule has 8 heteroatoms. The Morgan fingerprint density at radius 2 is 1.97 bits per heavy atom. The van der Waals surface area contributed by atoms with Crippen LogP contribution in [0.15, 0.2) is 59.4 Å². The van der Waals surface area contributed by atoms with Crippen LogP contribution in [0.2, 0.25) is 0 Å². The first-order valence-electron chi connectivity index (χ1n) is 10.1. The summed E-state index contributed by atoms with van der Waals surface area (Å²) in [6.07, 6.45) is 2.08. The fourth-order valence-corrected chi connectivity index (χ4v) is 3.36. The first kappa shape index (κ1) is 20.3. The van der Waals surface area contributed by atoms with E-state index in [9.17, 15) is 14.4 Å². The zero-order valence-electron chi connectivity index (χ0n) is 16.8. The lowest BCUT2D eigenvalue weighted by molar-refractivity contribution is -0.117. The summed E-state index contributed by atoms with van der Waals surface area (Å²) in [6.45, 7) is 0.417. The van der Waals surface area contributed by atoms with Gasteiger partial charge in [0.2, 0.25) is 11.8 Å². The summed E-state index contributed by atoms with van der Waals surface area (Å²) in [7, 11) is 0. The standard InChI is InChI=1S/C23H22N4O4/c28-21(24-17-4-1-3-15(13-17)20-9-11-23(30)27-26-20)5-2-12-31-18-7-8-19-16(14-18)6-10-22(29)25-19/h1,3-4,7-9,11,13-14H,2,5-6,10,12H2,(H,24,28)(H,25,29)(H,27,30). The summed E-state index contributed by atoms with van der Waals surface area (Å²) in [5.74, 6) is 0.660. The van der Waals surface area contributed by atoms with Gasteiger partial charge in [0.25, 0.3) is 5.56 Å². The Labute approximate surface area is 178 Å². The number of aryl methyl sites for hydroxylation is 1. The Hall–Kier alpha value is -3.94. The van der Waals surface area contributed by atoms with Crippen LogP contribution in [0.25, 0.3) is 11.3 Å². The van der Waals surface area contributed by atoms with E-state index in [1.165, 1.54) is 6.07 Å². The molecule has 4 rings (SSSR count). The number of hydrogen-bond acceptors (Lipinski definition) is 5. The molecule has 0 radical (unpaired) electrons. The first-order chi connectivity index (χ1) is 15.1. The zero-order valence-corrected chi connectivity index (χ0v) is 16.8. The van der Waals surface area contributed by atoms with Gasteiger partial charge in [0, 0.05) is 35.8 Å². The van der Waals surface area contributed by atoms with Crippen molar-refractivity contribution in [2.24, 2.45) is 0 Å². The maximum atomic E-state index is 12.3. The molecule has 3 aromatic rings. The average molecular weight is 418 g/mol. The highest BCUT2D eigenvalue weighted by Gasteiger charge is 2.15. The smallest absolute Gasteiger partial charge is 0.264 e. The lowest BCUT2D eigenvalue weighted by atomic mass is 10.0. The number of rotatable bonds is 7. The van der Waals surface area contributed by atoms with Gasteiger partial charge in [0.15, 0.2) is 0 Å². The second kappa shape index (κ2) is 9.25. The molecule has 0 aliphatic carbocycles. The van der Waals surface area contributed by atoms with Crippen molar-refractivity contribution < 1.29 is 14.3 Å². The number of anilines is 2. The van der Waals surface area contributed by atoms with Gasteiger partial charge in [0.1, 0.15) is 5.75 Å². The van der Waals surface area contributed by atoms with Gasteiger partial charge in [-0.25, -0.2) is 5.10 Å². The predicted molar refractivity (Wildman–Crippen MR) is 117 cm³/mol. The molecule has 0 unspecified atom stereocenters. The van der Waals surface area contributed by atoms with Crippen LogP contribution < -0.4 is 20.9 Å². The van der Waals surface area contributed by atoms with Gasteiger partial charge in [-0.1, -0.05) is 12.1 Å². The summed E-state index contributed by atoms with van der Waals surface area (Å²) in [5.41, 5.74) is 3.70. The van der Waals surface area contributed by atoms with Crippen LogP contribution in [0.3, 0.4) is 0 Å². The van der Waals surface area contributed by atoms with Crippen molar-refractivity contribution in [1.29, 1.82) is 0 Å². The Balaban J connectivity index is 1.25. The van der Waals surface area contributed by atoms with Gasteiger partial charge in [-0.05, 0) is 54.8 Å². The molecular formula is C23H22N4O4. The number of ether oxygens (including phenoxy) is 1. The third-order valence-electron chi connectivity index (χ3n) is 4.91. The zero-order chi connectivity index (χ0) is 21.6. The molecule has 0 fully saturated rings. The van der Waals surface area contributed by atoms with E-state index in [1.807, 2.05) is 30.3 Å². The minimum Gasteiger partial charge on any atom is -0.494 e. The topological polar surface area (TPSA) is 113 Å². The molecular weight excluding hydrogens is 396 g/mol. The van der Waals surface area contributed by atoms with E-state index in [1.54, 1.807) is 18.2 Å². The van der Waals surface area contributed by atoms with Crippen LogP contribution in [0.5, 0.6) is 5.75 Å². The quantitative estimate of drug-likeness (QED) is 0.510. The van der Waals surface area contributed by atoms with Gasteiger partial charge < -0.3 is 15.4 Å². The normalized spacial score (nSPS) is 12.6. The minimum absolute atomic E-state index is 0.0349. The number of benzene rings is 2. The van der Waals surface area contributed by atoms with Crippen molar-refractivity contribution in [3.63, 3.8) is 0 Å². The molecule has 2 amide bonds. The molecule has 0 spiro atoms. The monoisotopic (exact) mass is 418 g/mol. The van der Waals surface area contributed by atoms with Crippen molar-refractivity contribution in [3.05, 3.63) is 70.5 Å². The van der Waals surface area contributed by atoms with Crippen LogP contribution in [0.4, 0.5) is 11.4 Å². The summed E-state index contributed by atoms with van der Waals surface area (Å²) < 4.78 is 5.76. The lowest BCUT2D eigenvalue weighted by Gasteiger charge is -2.17.